The van der Waals surface area contributed by atoms with Gasteiger partial charge in [0.1, 0.15) is 0 Å². The van der Waals surface area contributed by atoms with Crippen molar-refractivity contribution in [2.24, 2.45) is 5.92 Å². The fourth-order valence-corrected chi connectivity index (χ4v) is 2.83. The predicted octanol–water partition coefficient (Wildman–Crippen LogP) is 1.49. The minimum absolute atomic E-state index is 0.774. The van der Waals surface area contributed by atoms with Gasteiger partial charge in [0.2, 0.25) is 0 Å². The minimum Gasteiger partial charge on any atom is -0.381 e. The van der Waals surface area contributed by atoms with Crippen LogP contribution in [0, 0.1) is 5.92 Å². The average Bonchev–Trinajstić information content (AvgIpc) is 2.82. The van der Waals surface area contributed by atoms with Crippen molar-refractivity contribution >= 4 is 0 Å². The molecule has 1 atom stereocenters. The van der Waals surface area contributed by atoms with E-state index < -0.39 is 0 Å². The van der Waals surface area contributed by atoms with E-state index >= 15 is 0 Å². The third kappa shape index (κ3) is 3.72. The molecular weight excluding hydrogens is 200 g/mol. The highest BCUT2D eigenvalue weighted by molar-refractivity contribution is 4.77. The molecule has 3 heteroatoms. The van der Waals surface area contributed by atoms with Crippen molar-refractivity contribution in [2.75, 3.05) is 39.4 Å². The van der Waals surface area contributed by atoms with E-state index in [0.717, 1.165) is 31.7 Å². The molecule has 1 unspecified atom stereocenters. The number of likely N-dealkylation sites (tertiary alicyclic amines) is 1. The van der Waals surface area contributed by atoms with Crippen LogP contribution in [0.3, 0.4) is 0 Å². The Morgan fingerprint density at radius 2 is 2.06 bits per heavy atom. The first-order valence-corrected chi connectivity index (χ1v) is 6.92. The summed E-state index contributed by atoms with van der Waals surface area (Å²) in [6.45, 7) is 9.17. The zero-order valence-corrected chi connectivity index (χ0v) is 10.6. The second-order valence-corrected chi connectivity index (χ2v) is 5.19. The molecule has 0 aromatic carbocycles. The number of hydrogen-bond donors (Lipinski definition) is 1. The van der Waals surface area contributed by atoms with Crippen LogP contribution in [0.5, 0.6) is 0 Å². The number of nitrogens with one attached hydrogen (secondary N) is 1. The highest BCUT2D eigenvalue weighted by atomic mass is 16.5. The van der Waals surface area contributed by atoms with Crippen LogP contribution in [0.15, 0.2) is 0 Å². The fraction of sp³-hybridized carbons (Fsp3) is 1.00. The summed E-state index contributed by atoms with van der Waals surface area (Å²) in [6.07, 6.45) is 5.28. The molecule has 0 spiro atoms. The van der Waals surface area contributed by atoms with E-state index in [1.54, 1.807) is 0 Å². The van der Waals surface area contributed by atoms with Gasteiger partial charge in [0, 0.05) is 19.3 Å². The van der Waals surface area contributed by atoms with Gasteiger partial charge in [-0.3, -0.25) is 0 Å². The van der Waals surface area contributed by atoms with Crippen molar-refractivity contribution in [1.82, 2.24) is 10.2 Å². The van der Waals surface area contributed by atoms with Crippen molar-refractivity contribution in [1.29, 1.82) is 0 Å². The molecule has 0 radical (unpaired) electrons. The molecule has 2 aliphatic rings. The zero-order valence-electron chi connectivity index (χ0n) is 10.6. The summed E-state index contributed by atoms with van der Waals surface area (Å²) in [6, 6.07) is 0.774. The molecule has 2 saturated heterocycles. The SMILES string of the molecule is CCNC1CCN(CCC2CCOC2)CC1. The summed E-state index contributed by atoms with van der Waals surface area (Å²) in [5, 5.41) is 3.56. The van der Waals surface area contributed by atoms with E-state index in [1.165, 1.54) is 45.3 Å². The second kappa shape index (κ2) is 6.58. The topological polar surface area (TPSA) is 24.5 Å². The molecule has 0 aromatic heterocycles. The zero-order chi connectivity index (χ0) is 11.2. The lowest BCUT2D eigenvalue weighted by molar-refractivity contribution is 0.166. The molecule has 0 aromatic rings. The number of hydrogen-bond acceptors (Lipinski definition) is 3. The number of piperidine rings is 1. The van der Waals surface area contributed by atoms with E-state index in [0.29, 0.717) is 0 Å². The van der Waals surface area contributed by atoms with Crippen molar-refractivity contribution in [3.05, 3.63) is 0 Å². The quantitative estimate of drug-likeness (QED) is 0.768. The maximum atomic E-state index is 5.42. The lowest BCUT2D eigenvalue weighted by Crippen LogP contribution is -2.42. The third-order valence-corrected chi connectivity index (χ3v) is 3.96. The van der Waals surface area contributed by atoms with Crippen LogP contribution in [0.4, 0.5) is 0 Å². The molecule has 0 amide bonds. The van der Waals surface area contributed by atoms with Gasteiger partial charge in [-0.05, 0) is 57.8 Å². The van der Waals surface area contributed by atoms with E-state index in [2.05, 4.69) is 17.1 Å². The first kappa shape index (κ1) is 12.3. The van der Waals surface area contributed by atoms with Crippen molar-refractivity contribution in [2.45, 2.75) is 38.6 Å². The maximum absolute atomic E-state index is 5.42. The van der Waals surface area contributed by atoms with E-state index in [4.69, 9.17) is 4.74 Å². The summed E-state index contributed by atoms with van der Waals surface area (Å²) < 4.78 is 5.42. The molecule has 2 heterocycles. The van der Waals surface area contributed by atoms with Gasteiger partial charge >= 0.3 is 0 Å². The predicted molar refractivity (Wildman–Crippen MR) is 66.7 cm³/mol. The van der Waals surface area contributed by atoms with Gasteiger partial charge in [-0.1, -0.05) is 6.92 Å². The van der Waals surface area contributed by atoms with Crippen LogP contribution in [0.1, 0.15) is 32.6 Å². The van der Waals surface area contributed by atoms with Crippen LogP contribution in [-0.4, -0.2) is 50.3 Å². The summed E-state index contributed by atoms with van der Waals surface area (Å²) in [4.78, 5) is 2.63. The second-order valence-electron chi connectivity index (χ2n) is 5.19. The molecular formula is C13H26N2O. The van der Waals surface area contributed by atoms with Gasteiger partial charge in [0.25, 0.3) is 0 Å². The first-order chi connectivity index (χ1) is 7.88. The Hall–Kier alpha value is -0.120. The Kier molecular flexibility index (Phi) is 5.07. The van der Waals surface area contributed by atoms with Gasteiger partial charge in [0.15, 0.2) is 0 Å². The Bertz CT molecular complexity index is 184. The summed E-state index contributed by atoms with van der Waals surface area (Å²) in [7, 11) is 0. The third-order valence-electron chi connectivity index (χ3n) is 3.96. The average molecular weight is 226 g/mol. The van der Waals surface area contributed by atoms with Gasteiger partial charge in [0.05, 0.1) is 0 Å². The molecule has 0 aliphatic carbocycles. The summed E-state index contributed by atoms with van der Waals surface area (Å²) in [5.74, 6) is 0.839. The molecule has 0 saturated carbocycles. The molecule has 94 valence electrons. The van der Waals surface area contributed by atoms with Crippen molar-refractivity contribution in [3.8, 4) is 0 Å². The Morgan fingerprint density at radius 3 is 2.69 bits per heavy atom. The molecule has 2 fully saturated rings. The molecule has 2 aliphatic heterocycles. The monoisotopic (exact) mass is 226 g/mol. The normalized spacial score (nSPS) is 28.7. The van der Waals surface area contributed by atoms with Gasteiger partial charge in [-0.25, -0.2) is 0 Å². The van der Waals surface area contributed by atoms with Gasteiger partial charge < -0.3 is 15.0 Å². The largest absolute Gasteiger partial charge is 0.381 e. The van der Waals surface area contributed by atoms with Crippen LogP contribution in [-0.2, 0) is 4.74 Å². The standard InChI is InChI=1S/C13H26N2O/c1-2-14-13-4-8-15(9-5-13)7-3-12-6-10-16-11-12/h12-14H,2-11H2,1H3. The van der Waals surface area contributed by atoms with Crippen molar-refractivity contribution in [3.63, 3.8) is 0 Å². The Labute approximate surface area is 99.5 Å². The maximum Gasteiger partial charge on any atom is 0.0495 e. The molecule has 0 bridgehead atoms. The van der Waals surface area contributed by atoms with E-state index in [-0.39, 0.29) is 0 Å². The lowest BCUT2D eigenvalue weighted by atomic mass is 10.0. The van der Waals surface area contributed by atoms with Gasteiger partial charge in [-0.2, -0.15) is 0 Å². The van der Waals surface area contributed by atoms with Crippen molar-refractivity contribution < 1.29 is 4.74 Å². The number of ether oxygens (including phenoxy) is 1. The Morgan fingerprint density at radius 1 is 1.25 bits per heavy atom. The molecule has 1 N–H and O–H groups in total. The van der Waals surface area contributed by atoms with E-state index in [9.17, 15) is 0 Å². The molecule has 2 rings (SSSR count). The first-order valence-electron chi connectivity index (χ1n) is 6.92. The summed E-state index contributed by atoms with van der Waals surface area (Å²) in [5.41, 5.74) is 0. The van der Waals surface area contributed by atoms with Gasteiger partial charge in [-0.15, -0.1) is 0 Å². The number of nitrogens with zero attached hydrogens (tertiary/aromatic N) is 1. The molecule has 16 heavy (non-hydrogen) atoms. The number of rotatable bonds is 5. The highest BCUT2D eigenvalue weighted by Crippen LogP contribution is 2.18. The summed E-state index contributed by atoms with van der Waals surface area (Å²) >= 11 is 0. The highest BCUT2D eigenvalue weighted by Gasteiger charge is 2.20. The van der Waals surface area contributed by atoms with Crippen LogP contribution >= 0.6 is 0 Å². The fourth-order valence-electron chi connectivity index (χ4n) is 2.83. The minimum atomic E-state index is 0.774. The smallest absolute Gasteiger partial charge is 0.0495 e. The van der Waals surface area contributed by atoms with Crippen LogP contribution in [0.2, 0.25) is 0 Å². The lowest BCUT2D eigenvalue weighted by Gasteiger charge is -2.32. The van der Waals surface area contributed by atoms with Crippen LogP contribution < -0.4 is 5.32 Å². The van der Waals surface area contributed by atoms with Crippen LogP contribution in [0.25, 0.3) is 0 Å². The van der Waals surface area contributed by atoms with E-state index in [1.807, 2.05) is 0 Å². The Balaban J connectivity index is 1.57. The molecule has 3 nitrogen and oxygen atoms in total.